The first-order valence-electron chi connectivity index (χ1n) is 5.69. The van der Waals surface area contributed by atoms with Gasteiger partial charge >= 0.3 is 0 Å². The van der Waals surface area contributed by atoms with Crippen molar-refractivity contribution in [3.63, 3.8) is 0 Å². The van der Waals surface area contributed by atoms with Gasteiger partial charge in [0.1, 0.15) is 11.5 Å². The van der Waals surface area contributed by atoms with Gasteiger partial charge in [0.05, 0.1) is 6.04 Å². The number of hydrogen-bond donors (Lipinski definition) is 1. The second kappa shape index (κ2) is 4.99. The number of hydrogen-bond acceptors (Lipinski definition) is 2. The Morgan fingerprint density at radius 1 is 1.12 bits per heavy atom. The van der Waals surface area contributed by atoms with Gasteiger partial charge in [-0.15, -0.1) is 0 Å². The van der Waals surface area contributed by atoms with Gasteiger partial charge in [0.15, 0.2) is 0 Å². The minimum absolute atomic E-state index is 0.266. The number of benzene rings is 1. The largest absolute Gasteiger partial charge is 0.459 e. The van der Waals surface area contributed by atoms with Gasteiger partial charge in [0, 0.05) is 5.56 Å². The molecule has 0 aliphatic heterocycles. The first-order chi connectivity index (χ1) is 7.81. The summed E-state index contributed by atoms with van der Waals surface area (Å²) < 4.78 is 5.82. The normalized spacial score (nSPS) is 12.6. The molecular weight excluding hydrogens is 198 g/mol. The Balaban J connectivity index is 2.20. The van der Waals surface area contributed by atoms with Crippen molar-refractivity contribution in [3.05, 3.63) is 48.2 Å². The van der Waals surface area contributed by atoms with Crippen LogP contribution < -0.4 is 5.32 Å². The minimum atomic E-state index is 0.266. The van der Waals surface area contributed by atoms with Crippen molar-refractivity contribution in [1.82, 2.24) is 5.32 Å². The smallest absolute Gasteiger partial charge is 0.134 e. The molecule has 0 saturated heterocycles. The Bertz CT molecular complexity index is 433. The zero-order chi connectivity index (χ0) is 11.4. The van der Waals surface area contributed by atoms with Crippen LogP contribution >= 0.6 is 0 Å². The molecule has 0 saturated carbocycles. The summed E-state index contributed by atoms with van der Waals surface area (Å²) in [5.74, 6) is 1.92. The lowest BCUT2D eigenvalue weighted by molar-refractivity contribution is 0.445. The van der Waals surface area contributed by atoms with E-state index in [9.17, 15) is 0 Å². The second-order valence-electron chi connectivity index (χ2n) is 3.85. The van der Waals surface area contributed by atoms with Crippen LogP contribution in [0.25, 0.3) is 11.3 Å². The highest BCUT2D eigenvalue weighted by molar-refractivity contribution is 5.57. The number of nitrogens with one attached hydrogen (secondary N) is 1. The van der Waals surface area contributed by atoms with Gasteiger partial charge in [-0.1, -0.05) is 37.3 Å². The van der Waals surface area contributed by atoms with E-state index in [1.54, 1.807) is 0 Å². The fraction of sp³-hybridized carbons (Fsp3) is 0.286. The predicted octanol–water partition coefficient (Wildman–Crippen LogP) is 3.62. The molecule has 1 aromatic heterocycles. The third-order valence-corrected chi connectivity index (χ3v) is 2.62. The van der Waals surface area contributed by atoms with E-state index in [1.165, 1.54) is 0 Å². The molecule has 1 atom stereocenters. The van der Waals surface area contributed by atoms with Crippen molar-refractivity contribution in [2.24, 2.45) is 0 Å². The van der Waals surface area contributed by atoms with Crippen LogP contribution in [-0.4, -0.2) is 6.54 Å². The molecule has 0 bridgehead atoms. The molecule has 2 aromatic rings. The molecule has 0 aliphatic carbocycles. The van der Waals surface area contributed by atoms with Crippen LogP contribution in [0, 0.1) is 0 Å². The molecular formula is C14H17NO. The lowest BCUT2D eigenvalue weighted by Gasteiger charge is -2.08. The highest BCUT2D eigenvalue weighted by Crippen LogP contribution is 2.24. The fourth-order valence-corrected chi connectivity index (χ4v) is 1.75. The topological polar surface area (TPSA) is 25.2 Å². The molecule has 1 unspecified atom stereocenters. The van der Waals surface area contributed by atoms with Crippen LogP contribution in [0.15, 0.2) is 46.9 Å². The van der Waals surface area contributed by atoms with Crippen molar-refractivity contribution >= 4 is 0 Å². The monoisotopic (exact) mass is 215 g/mol. The average Bonchev–Trinajstić information content (AvgIpc) is 2.80. The molecule has 0 aliphatic rings. The van der Waals surface area contributed by atoms with E-state index in [0.29, 0.717) is 0 Å². The van der Waals surface area contributed by atoms with Crippen LogP contribution in [0.4, 0.5) is 0 Å². The molecule has 0 fully saturated rings. The molecule has 2 heteroatoms. The molecule has 84 valence electrons. The van der Waals surface area contributed by atoms with Crippen molar-refractivity contribution in [2.75, 3.05) is 6.54 Å². The third kappa shape index (κ3) is 2.34. The molecule has 1 heterocycles. The Morgan fingerprint density at radius 2 is 1.88 bits per heavy atom. The standard InChI is InChI=1S/C14H17NO/c1-3-15-11(2)13-9-10-14(16-13)12-7-5-4-6-8-12/h4-11,15H,3H2,1-2H3. The summed E-state index contributed by atoms with van der Waals surface area (Å²) in [6.45, 7) is 5.15. The number of rotatable bonds is 4. The van der Waals surface area contributed by atoms with E-state index in [4.69, 9.17) is 4.42 Å². The summed E-state index contributed by atoms with van der Waals surface area (Å²) in [6, 6.07) is 14.5. The van der Waals surface area contributed by atoms with Crippen LogP contribution in [0.1, 0.15) is 25.6 Å². The Kier molecular flexibility index (Phi) is 3.42. The van der Waals surface area contributed by atoms with Crippen LogP contribution in [0.2, 0.25) is 0 Å². The zero-order valence-electron chi connectivity index (χ0n) is 9.73. The zero-order valence-corrected chi connectivity index (χ0v) is 9.73. The van der Waals surface area contributed by atoms with Crippen LogP contribution in [0.3, 0.4) is 0 Å². The van der Waals surface area contributed by atoms with Gasteiger partial charge in [0.2, 0.25) is 0 Å². The van der Waals surface area contributed by atoms with E-state index in [2.05, 4.69) is 31.3 Å². The van der Waals surface area contributed by atoms with Gasteiger partial charge in [-0.2, -0.15) is 0 Å². The van der Waals surface area contributed by atoms with E-state index in [-0.39, 0.29) is 6.04 Å². The van der Waals surface area contributed by atoms with E-state index >= 15 is 0 Å². The molecule has 0 radical (unpaired) electrons. The summed E-state index contributed by atoms with van der Waals surface area (Å²) in [4.78, 5) is 0. The van der Waals surface area contributed by atoms with Gasteiger partial charge < -0.3 is 9.73 Å². The molecule has 16 heavy (non-hydrogen) atoms. The summed E-state index contributed by atoms with van der Waals surface area (Å²) in [5, 5.41) is 3.33. The lowest BCUT2D eigenvalue weighted by Crippen LogP contribution is -2.16. The van der Waals surface area contributed by atoms with Crippen molar-refractivity contribution in [2.45, 2.75) is 19.9 Å². The molecule has 2 rings (SSSR count). The highest BCUT2D eigenvalue weighted by atomic mass is 16.3. The van der Waals surface area contributed by atoms with E-state index in [0.717, 1.165) is 23.6 Å². The Hall–Kier alpha value is -1.54. The van der Waals surface area contributed by atoms with Crippen LogP contribution in [-0.2, 0) is 0 Å². The predicted molar refractivity (Wildman–Crippen MR) is 66.2 cm³/mol. The molecule has 1 N–H and O–H groups in total. The highest BCUT2D eigenvalue weighted by Gasteiger charge is 2.09. The maximum atomic E-state index is 5.82. The van der Waals surface area contributed by atoms with E-state index < -0.39 is 0 Å². The molecule has 0 spiro atoms. The van der Waals surface area contributed by atoms with Crippen LogP contribution in [0.5, 0.6) is 0 Å². The Labute approximate surface area is 96.3 Å². The van der Waals surface area contributed by atoms with Gasteiger partial charge in [-0.25, -0.2) is 0 Å². The summed E-state index contributed by atoms with van der Waals surface area (Å²) in [5.41, 5.74) is 1.12. The quantitative estimate of drug-likeness (QED) is 0.842. The minimum Gasteiger partial charge on any atom is -0.459 e. The number of furan rings is 1. The molecule has 0 amide bonds. The second-order valence-corrected chi connectivity index (χ2v) is 3.85. The lowest BCUT2D eigenvalue weighted by atomic mass is 10.2. The fourth-order valence-electron chi connectivity index (χ4n) is 1.75. The third-order valence-electron chi connectivity index (χ3n) is 2.62. The SMILES string of the molecule is CCNC(C)c1ccc(-c2ccccc2)o1. The molecule has 1 aromatic carbocycles. The Morgan fingerprint density at radius 3 is 2.56 bits per heavy atom. The van der Waals surface area contributed by atoms with Crippen molar-refractivity contribution in [3.8, 4) is 11.3 Å². The van der Waals surface area contributed by atoms with Gasteiger partial charge in [0.25, 0.3) is 0 Å². The summed E-state index contributed by atoms with van der Waals surface area (Å²) in [7, 11) is 0. The first kappa shape index (κ1) is 11.0. The van der Waals surface area contributed by atoms with Gasteiger partial charge in [-0.05, 0) is 25.6 Å². The average molecular weight is 215 g/mol. The van der Waals surface area contributed by atoms with Crippen molar-refractivity contribution in [1.29, 1.82) is 0 Å². The van der Waals surface area contributed by atoms with Crippen molar-refractivity contribution < 1.29 is 4.42 Å². The van der Waals surface area contributed by atoms with E-state index in [1.807, 2.05) is 30.3 Å². The van der Waals surface area contributed by atoms with Gasteiger partial charge in [-0.3, -0.25) is 0 Å². The first-order valence-corrected chi connectivity index (χ1v) is 5.69. The summed E-state index contributed by atoms with van der Waals surface area (Å²) >= 11 is 0. The maximum Gasteiger partial charge on any atom is 0.134 e. The maximum absolute atomic E-state index is 5.82. The summed E-state index contributed by atoms with van der Waals surface area (Å²) in [6.07, 6.45) is 0. The molecule has 2 nitrogen and oxygen atoms in total.